The van der Waals surface area contributed by atoms with Crippen LogP contribution in [0, 0.1) is 26.7 Å². The van der Waals surface area contributed by atoms with Gasteiger partial charge in [-0.25, -0.2) is 0 Å². The number of nitrogens with zero attached hydrogens (tertiary/aromatic N) is 3. The molecule has 1 saturated heterocycles. The van der Waals surface area contributed by atoms with Crippen molar-refractivity contribution in [3.63, 3.8) is 0 Å². The van der Waals surface area contributed by atoms with Gasteiger partial charge in [0.25, 0.3) is 5.91 Å². The maximum absolute atomic E-state index is 13.1. The Labute approximate surface area is 164 Å². The van der Waals surface area contributed by atoms with Gasteiger partial charge in [0.15, 0.2) is 0 Å². The van der Waals surface area contributed by atoms with Gasteiger partial charge in [0.05, 0.1) is 17.3 Å². The molecule has 6 heteroatoms. The number of rotatable bonds is 4. The van der Waals surface area contributed by atoms with Gasteiger partial charge in [0.1, 0.15) is 5.76 Å². The summed E-state index contributed by atoms with van der Waals surface area (Å²) in [5, 5.41) is 5.03. The van der Waals surface area contributed by atoms with Gasteiger partial charge < -0.3 is 14.2 Å². The van der Waals surface area contributed by atoms with E-state index in [-0.39, 0.29) is 17.9 Å². The highest BCUT2D eigenvalue weighted by Gasteiger charge is 2.36. The standard InChI is InChI=1S/C22H25N3O3/c1-13-7-14(2)23-20-10-16(5-6-19(13)20)22(26)25-11-17(21(12-25)27-4)9-18-8-15(3)24-28-18/h5-8,10,17,21H,9,11-12H2,1-4H3/t17-,21+/m1/s1. The highest BCUT2D eigenvalue weighted by atomic mass is 16.5. The van der Waals surface area contributed by atoms with E-state index in [9.17, 15) is 4.79 Å². The molecule has 0 spiro atoms. The van der Waals surface area contributed by atoms with Gasteiger partial charge >= 0.3 is 0 Å². The van der Waals surface area contributed by atoms with E-state index >= 15 is 0 Å². The van der Waals surface area contributed by atoms with Gasteiger partial charge in [-0.3, -0.25) is 9.78 Å². The first-order chi connectivity index (χ1) is 13.4. The highest BCUT2D eigenvalue weighted by molar-refractivity contribution is 5.98. The molecule has 0 saturated carbocycles. The van der Waals surface area contributed by atoms with Crippen molar-refractivity contribution in [3.05, 3.63) is 58.6 Å². The fraction of sp³-hybridized carbons (Fsp3) is 0.409. The number of fused-ring (bicyclic) bond motifs is 1. The number of carbonyl (C=O) groups is 1. The summed E-state index contributed by atoms with van der Waals surface area (Å²) in [6.45, 7) is 7.15. The molecule has 4 rings (SSSR count). The molecule has 1 fully saturated rings. The molecular formula is C22H25N3O3. The van der Waals surface area contributed by atoms with E-state index in [4.69, 9.17) is 9.26 Å². The van der Waals surface area contributed by atoms with Crippen molar-refractivity contribution in [1.82, 2.24) is 15.0 Å². The third kappa shape index (κ3) is 3.52. The Kier molecular flexibility index (Phi) is 4.89. The van der Waals surface area contributed by atoms with E-state index < -0.39 is 0 Å². The van der Waals surface area contributed by atoms with Gasteiger partial charge in [-0.15, -0.1) is 0 Å². The molecule has 6 nitrogen and oxygen atoms in total. The molecule has 0 aliphatic carbocycles. The Morgan fingerprint density at radius 3 is 2.71 bits per heavy atom. The van der Waals surface area contributed by atoms with Gasteiger partial charge in [-0.1, -0.05) is 11.2 Å². The monoisotopic (exact) mass is 379 g/mol. The van der Waals surface area contributed by atoms with Crippen LogP contribution in [0.25, 0.3) is 10.9 Å². The predicted molar refractivity (Wildman–Crippen MR) is 106 cm³/mol. The van der Waals surface area contributed by atoms with Crippen LogP contribution in [0.3, 0.4) is 0 Å². The summed E-state index contributed by atoms with van der Waals surface area (Å²) in [5.74, 6) is 1.03. The summed E-state index contributed by atoms with van der Waals surface area (Å²) < 4.78 is 11.0. The fourth-order valence-corrected chi connectivity index (χ4v) is 4.13. The first-order valence-electron chi connectivity index (χ1n) is 9.57. The van der Waals surface area contributed by atoms with Crippen molar-refractivity contribution in [3.8, 4) is 0 Å². The van der Waals surface area contributed by atoms with Crippen molar-refractivity contribution in [2.24, 2.45) is 5.92 Å². The predicted octanol–water partition coefficient (Wildman–Crippen LogP) is 3.48. The van der Waals surface area contributed by atoms with E-state index in [1.165, 1.54) is 5.56 Å². The summed E-state index contributed by atoms with van der Waals surface area (Å²) in [6, 6.07) is 9.78. The third-order valence-electron chi connectivity index (χ3n) is 5.50. The summed E-state index contributed by atoms with van der Waals surface area (Å²) >= 11 is 0. The first-order valence-corrected chi connectivity index (χ1v) is 9.57. The molecular weight excluding hydrogens is 354 g/mol. The van der Waals surface area contributed by atoms with Gasteiger partial charge in [-0.2, -0.15) is 0 Å². The van der Waals surface area contributed by atoms with Crippen LogP contribution in [-0.4, -0.2) is 47.3 Å². The van der Waals surface area contributed by atoms with Crippen LogP contribution in [0.4, 0.5) is 0 Å². The average Bonchev–Trinajstić information content (AvgIpc) is 3.26. The quantitative estimate of drug-likeness (QED) is 0.694. The minimum atomic E-state index is -0.0163. The molecule has 28 heavy (non-hydrogen) atoms. The van der Waals surface area contributed by atoms with Crippen LogP contribution in [0.1, 0.15) is 33.1 Å². The number of benzene rings is 1. The minimum Gasteiger partial charge on any atom is -0.379 e. The van der Waals surface area contributed by atoms with Gasteiger partial charge in [0, 0.05) is 55.2 Å². The van der Waals surface area contributed by atoms with Crippen molar-refractivity contribution in [1.29, 1.82) is 0 Å². The smallest absolute Gasteiger partial charge is 0.254 e. The molecule has 0 N–H and O–H groups in total. The number of carbonyl (C=O) groups excluding carboxylic acids is 1. The van der Waals surface area contributed by atoms with Crippen molar-refractivity contribution in [2.75, 3.05) is 20.2 Å². The molecule has 0 bridgehead atoms. The number of aromatic nitrogens is 2. The fourth-order valence-electron chi connectivity index (χ4n) is 4.13. The molecule has 1 aromatic carbocycles. The lowest BCUT2D eigenvalue weighted by atomic mass is 10.0. The van der Waals surface area contributed by atoms with E-state index in [0.29, 0.717) is 25.1 Å². The van der Waals surface area contributed by atoms with Crippen LogP contribution in [0.5, 0.6) is 0 Å². The van der Waals surface area contributed by atoms with Crippen LogP contribution in [0.2, 0.25) is 0 Å². The molecule has 1 aliphatic rings. The Morgan fingerprint density at radius 2 is 2.00 bits per heavy atom. The minimum absolute atomic E-state index is 0.0150. The molecule has 3 heterocycles. The van der Waals surface area contributed by atoms with Crippen LogP contribution in [-0.2, 0) is 11.2 Å². The molecule has 1 aliphatic heterocycles. The number of hydrogen-bond donors (Lipinski definition) is 0. The lowest BCUT2D eigenvalue weighted by Crippen LogP contribution is -2.29. The zero-order valence-electron chi connectivity index (χ0n) is 16.7. The van der Waals surface area contributed by atoms with Crippen LogP contribution >= 0.6 is 0 Å². The molecule has 1 amide bonds. The van der Waals surface area contributed by atoms with E-state index in [1.54, 1.807) is 7.11 Å². The number of likely N-dealkylation sites (tertiary alicyclic amines) is 1. The number of aryl methyl sites for hydroxylation is 3. The number of amides is 1. The first kappa shape index (κ1) is 18.6. The topological polar surface area (TPSA) is 68.5 Å². The summed E-state index contributed by atoms with van der Waals surface area (Å²) in [6.07, 6.45) is 0.693. The SMILES string of the molecule is CO[C@H]1CN(C(=O)c2ccc3c(C)cc(C)nc3c2)C[C@H]1Cc1cc(C)no1. The highest BCUT2D eigenvalue weighted by Crippen LogP contribution is 2.26. The maximum Gasteiger partial charge on any atom is 0.254 e. The van der Waals surface area contributed by atoms with E-state index in [1.807, 2.05) is 43.0 Å². The Bertz CT molecular complexity index is 1030. The normalized spacial score (nSPS) is 19.5. The van der Waals surface area contributed by atoms with E-state index in [0.717, 1.165) is 28.1 Å². The van der Waals surface area contributed by atoms with Crippen molar-refractivity contribution < 1.29 is 14.1 Å². The lowest BCUT2D eigenvalue weighted by Gasteiger charge is -2.16. The number of hydrogen-bond acceptors (Lipinski definition) is 5. The molecule has 2 atom stereocenters. The molecule has 0 unspecified atom stereocenters. The molecule has 146 valence electrons. The largest absolute Gasteiger partial charge is 0.379 e. The van der Waals surface area contributed by atoms with Crippen molar-refractivity contribution >= 4 is 16.8 Å². The lowest BCUT2D eigenvalue weighted by molar-refractivity contribution is 0.0672. The second-order valence-corrected chi connectivity index (χ2v) is 7.70. The van der Waals surface area contributed by atoms with Crippen molar-refractivity contribution in [2.45, 2.75) is 33.3 Å². The Morgan fingerprint density at radius 1 is 1.18 bits per heavy atom. The second kappa shape index (κ2) is 7.36. The summed E-state index contributed by atoms with van der Waals surface area (Å²) in [7, 11) is 1.70. The Balaban J connectivity index is 1.55. The summed E-state index contributed by atoms with van der Waals surface area (Å²) in [5.41, 5.74) is 4.52. The number of methoxy groups -OCH3 is 1. The second-order valence-electron chi connectivity index (χ2n) is 7.70. The number of pyridine rings is 1. The zero-order chi connectivity index (χ0) is 19.8. The van der Waals surface area contributed by atoms with Gasteiger partial charge in [0.2, 0.25) is 0 Å². The maximum atomic E-state index is 13.1. The average molecular weight is 379 g/mol. The molecule has 0 radical (unpaired) electrons. The zero-order valence-corrected chi connectivity index (χ0v) is 16.7. The van der Waals surface area contributed by atoms with Crippen LogP contribution < -0.4 is 0 Å². The third-order valence-corrected chi connectivity index (χ3v) is 5.50. The van der Waals surface area contributed by atoms with E-state index in [2.05, 4.69) is 23.1 Å². The number of ether oxygens (including phenoxy) is 1. The molecule has 3 aromatic rings. The van der Waals surface area contributed by atoms with Crippen LogP contribution in [0.15, 0.2) is 34.9 Å². The van der Waals surface area contributed by atoms with Gasteiger partial charge in [-0.05, 0) is 44.5 Å². The summed E-state index contributed by atoms with van der Waals surface area (Å²) in [4.78, 5) is 19.6. The Hall–Kier alpha value is -2.73. The molecule has 2 aromatic heterocycles.